The highest BCUT2D eigenvalue weighted by molar-refractivity contribution is 5.91. The summed E-state index contributed by atoms with van der Waals surface area (Å²) in [7, 11) is 0. The molecule has 0 bridgehead atoms. The van der Waals surface area contributed by atoms with Crippen molar-refractivity contribution in [2.45, 2.75) is 33.6 Å². The number of nitrogens with zero attached hydrogens (tertiary/aromatic N) is 1. The molecular weight excluding hydrogens is 232 g/mol. The van der Waals surface area contributed by atoms with Crippen LogP contribution in [0.3, 0.4) is 0 Å². The van der Waals surface area contributed by atoms with Gasteiger partial charge in [-0.3, -0.25) is 14.6 Å². The molecule has 98 valence electrons. The van der Waals surface area contributed by atoms with Crippen molar-refractivity contribution >= 4 is 17.6 Å². The molecule has 0 saturated heterocycles. The normalized spacial score (nSPS) is 11.1. The Morgan fingerprint density at radius 2 is 2.00 bits per heavy atom. The van der Waals surface area contributed by atoms with Gasteiger partial charge in [0.15, 0.2) is 0 Å². The van der Waals surface area contributed by atoms with Gasteiger partial charge >= 0.3 is 5.97 Å². The number of carboxylic acids is 1. The molecule has 5 heteroatoms. The number of carbonyl (C=O) groups is 2. The first kappa shape index (κ1) is 14.2. The fourth-order valence-corrected chi connectivity index (χ4v) is 1.74. The van der Waals surface area contributed by atoms with Gasteiger partial charge in [0.25, 0.3) is 0 Å². The van der Waals surface area contributed by atoms with Crippen LogP contribution in [0.1, 0.15) is 32.3 Å². The number of nitrogens with one attached hydrogen (secondary N) is 1. The molecule has 18 heavy (non-hydrogen) atoms. The van der Waals surface area contributed by atoms with Crippen LogP contribution < -0.4 is 5.32 Å². The third-order valence-corrected chi connectivity index (χ3v) is 2.43. The summed E-state index contributed by atoms with van der Waals surface area (Å²) in [6, 6.07) is 1.81. The highest BCUT2D eigenvalue weighted by Crippen LogP contribution is 2.25. The predicted octanol–water partition coefficient (Wildman–Crippen LogP) is 2.22. The number of rotatable bonds is 5. The number of aryl methyl sites for hydroxylation is 1. The topological polar surface area (TPSA) is 79.3 Å². The first-order valence-corrected chi connectivity index (χ1v) is 5.72. The van der Waals surface area contributed by atoms with E-state index in [1.165, 1.54) is 0 Å². The lowest BCUT2D eigenvalue weighted by Gasteiger charge is -2.21. The second-order valence-electron chi connectivity index (χ2n) is 5.21. The monoisotopic (exact) mass is 250 g/mol. The molecule has 1 rings (SSSR count). The molecule has 0 spiro atoms. The Balaban J connectivity index is 2.59. The summed E-state index contributed by atoms with van der Waals surface area (Å²) in [5.74, 6) is -1.10. The van der Waals surface area contributed by atoms with Crippen molar-refractivity contribution in [2.75, 3.05) is 5.32 Å². The van der Waals surface area contributed by atoms with Gasteiger partial charge in [0, 0.05) is 12.6 Å². The number of hydrogen-bond acceptors (Lipinski definition) is 3. The standard InChI is InChI=1S/C13H18N2O3/c1-9-4-10(8-14-7-9)15-11(16)5-13(2,3)6-12(17)18/h4,7-8H,5-6H2,1-3H3,(H,15,16)(H,17,18). The van der Waals surface area contributed by atoms with E-state index in [1.54, 1.807) is 26.2 Å². The Kier molecular flexibility index (Phi) is 4.42. The maximum absolute atomic E-state index is 11.8. The van der Waals surface area contributed by atoms with E-state index in [1.807, 2.05) is 13.0 Å². The van der Waals surface area contributed by atoms with E-state index in [-0.39, 0.29) is 18.7 Å². The average Bonchev–Trinajstić information content (AvgIpc) is 2.13. The van der Waals surface area contributed by atoms with Gasteiger partial charge < -0.3 is 10.4 Å². The first-order valence-electron chi connectivity index (χ1n) is 5.72. The van der Waals surface area contributed by atoms with Crippen molar-refractivity contribution in [3.05, 3.63) is 24.0 Å². The Bertz CT molecular complexity index is 455. The van der Waals surface area contributed by atoms with E-state index in [9.17, 15) is 9.59 Å². The van der Waals surface area contributed by atoms with Gasteiger partial charge in [-0.1, -0.05) is 13.8 Å². The molecular formula is C13H18N2O3. The third-order valence-electron chi connectivity index (χ3n) is 2.43. The van der Waals surface area contributed by atoms with Gasteiger partial charge in [0.2, 0.25) is 5.91 Å². The molecule has 0 atom stereocenters. The zero-order chi connectivity index (χ0) is 13.8. The summed E-state index contributed by atoms with van der Waals surface area (Å²) in [4.78, 5) is 26.4. The van der Waals surface area contributed by atoms with E-state index >= 15 is 0 Å². The van der Waals surface area contributed by atoms with Crippen LogP contribution in [0, 0.1) is 12.3 Å². The molecule has 0 saturated carbocycles. The minimum atomic E-state index is -0.898. The SMILES string of the molecule is Cc1cncc(NC(=O)CC(C)(C)CC(=O)O)c1. The highest BCUT2D eigenvalue weighted by atomic mass is 16.4. The highest BCUT2D eigenvalue weighted by Gasteiger charge is 2.25. The second kappa shape index (κ2) is 5.62. The molecule has 1 heterocycles. The molecule has 2 N–H and O–H groups in total. The van der Waals surface area contributed by atoms with Gasteiger partial charge in [0.05, 0.1) is 18.3 Å². The van der Waals surface area contributed by atoms with Crippen molar-refractivity contribution in [2.24, 2.45) is 5.41 Å². The predicted molar refractivity (Wildman–Crippen MR) is 68.3 cm³/mol. The molecule has 0 fully saturated rings. The zero-order valence-corrected chi connectivity index (χ0v) is 10.9. The van der Waals surface area contributed by atoms with Crippen LogP contribution in [0.15, 0.2) is 18.5 Å². The molecule has 0 aliphatic carbocycles. The number of amides is 1. The number of carbonyl (C=O) groups excluding carboxylic acids is 1. The second-order valence-corrected chi connectivity index (χ2v) is 5.21. The summed E-state index contributed by atoms with van der Waals surface area (Å²) in [5.41, 5.74) is 1.02. The fraction of sp³-hybridized carbons (Fsp3) is 0.462. The lowest BCUT2D eigenvalue weighted by Crippen LogP contribution is -2.24. The van der Waals surface area contributed by atoms with Crippen molar-refractivity contribution in [1.29, 1.82) is 0 Å². The number of carboxylic acid groups (broad SMARTS) is 1. The molecule has 1 aromatic heterocycles. The van der Waals surface area contributed by atoms with Crippen LogP contribution in [0.5, 0.6) is 0 Å². The lowest BCUT2D eigenvalue weighted by atomic mass is 9.85. The van der Waals surface area contributed by atoms with Crippen molar-refractivity contribution in [3.63, 3.8) is 0 Å². The Labute approximate surface area is 106 Å². The summed E-state index contributed by atoms with van der Waals surface area (Å²) < 4.78 is 0. The van der Waals surface area contributed by atoms with E-state index < -0.39 is 11.4 Å². The van der Waals surface area contributed by atoms with Crippen molar-refractivity contribution in [1.82, 2.24) is 4.98 Å². The third kappa shape index (κ3) is 4.95. The van der Waals surface area contributed by atoms with Crippen LogP contribution in [0.25, 0.3) is 0 Å². The molecule has 0 radical (unpaired) electrons. The lowest BCUT2D eigenvalue weighted by molar-refractivity contribution is -0.139. The minimum absolute atomic E-state index is 0.0352. The number of anilines is 1. The maximum Gasteiger partial charge on any atom is 0.303 e. The van der Waals surface area contributed by atoms with Crippen molar-refractivity contribution < 1.29 is 14.7 Å². The van der Waals surface area contributed by atoms with Gasteiger partial charge in [-0.25, -0.2) is 0 Å². The molecule has 5 nitrogen and oxygen atoms in total. The summed E-state index contributed by atoms with van der Waals surface area (Å²) in [6.07, 6.45) is 3.39. The van der Waals surface area contributed by atoms with Gasteiger partial charge in [-0.05, 0) is 24.0 Å². The van der Waals surface area contributed by atoms with Crippen molar-refractivity contribution in [3.8, 4) is 0 Å². The summed E-state index contributed by atoms with van der Waals surface area (Å²) >= 11 is 0. The van der Waals surface area contributed by atoms with E-state index in [4.69, 9.17) is 5.11 Å². The quantitative estimate of drug-likeness (QED) is 0.839. The van der Waals surface area contributed by atoms with Gasteiger partial charge in [-0.15, -0.1) is 0 Å². The summed E-state index contributed by atoms with van der Waals surface area (Å²) in [5, 5.41) is 11.5. The molecule has 0 aromatic carbocycles. The number of pyridine rings is 1. The van der Waals surface area contributed by atoms with E-state index in [0.29, 0.717) is 5.69 Å². The number of aliphatic carboxylic acids is 1. The summed E-state index contributed by atoms with van der Waals surface area (Å²) in [6.45, 7) is 5.40. The van der Waals surface area contributed by atoms with E-state index in [0.717, 1.165) is 5.56 Å². The van der Waals surface area contributed by atoms with Gasteiger partial charge in [-0.2, -0.15) is 0 Å². The Morgan fingerprint density at radius 3 is 2.56 bits per heavy atom. The minimum Gasteiger partial charge on any atom is -0.481 e. The van der Waals surface area contributed by atoms with Gasteiger partial charge in [0.1, 0.15) is 0 Å². The zero-order valence-electron chi connectivity index (χ0n) is 10.9. The van der Waals surface area contributed by atoms with Crippen LogP contribution in [-0.4, -0.2) is 22.0 Å². The Hall–Kier alpha value is -1.91. The van der Waals surface area contributed by atoms with Crippen LogP contribution in [0.2, 0.25) is 0 Å². The Morgan fingerprint density at radius 1 is 1.33 bits per heavy atom. The van der Waals surface area contributed by atoms with Crippen LogP contribution >= 0.6 is 0 Å². The maximum atomic E-state index is 11.8. The molecule has 0 unspecified atom stereocenters. The molecule has 1 aromatic rings. The fourth-order valence-electron chi connectivity index (χ4n) is 1.74. The smallest absolute Gasteiger partial charge is 0.303 e. The first-order chi connectivity index (χ1) is 8.28. The van der Waals surface area contributed by atoms with E-state index in [2.05, 4.69) is 10.3 Å². The van der Waals surface area contributed by atoms with Crippen LogP contribution in [-0.2, 0) is 9.59 Å². The average molecular weight is 250 g/mol. The van der Waals surface area contributed by atoms with Crippen LogP contribution in [0.4, 0.5) is 5.69 Å². The largest absolute Gasteiger partial charge is 0.481 e. The molecule has 1 amide bonds. The number of aromatic nitrogens is 1. The molecule has 0 aliphatic heterocycles. The number of hydrogen-bond donors (Lipinski definition) is 2. The molecule has 0 aliphatic rings.